The SMILES string of the molecule is CC(C)(C)C(N)C(=O)NCc1ccc(F)c(Cl)c1. The highest BCUT2D eigenvalue weighted by atomic mass is 35.5. The largest absolute Gasteiger partial charge is 0.351 e. The van der Waals surface area contributed by atoms with Crippen LogP contribution in [0.2, 0.25) is 5.02 Å². The number of benzene rings is 1. The van der Waals surface area contributed by atoms with Gasteiger partial charge >= 0.3 is 0 Å². The zero-order chi connectivity index (χ0) is 13.9. The van der Waals surface area contributed by atoms with E-state index in [-0.39, 0.29) is 22.9 Å². The Balaban J connectivity index is 2.60. The molecule has 1 unspecified atom stereocenters. The summed E-state index contributed by atoms with van der Waals surface area (Å²) in [5.41, 5.74) is 6.25. The average molecular weight is 273 g/mol. The average Bonchev–Trinajstić information content (AvgIpc) is 2.28. The fraction of sp³-hybridized carbons (Fsp3) is 0.462. The number of nitrogens with one attached hydrogen (secondary N) is 1. The molecule has 0 aliphatic heterocycles. The van der Waals surface area contributed by atoms with E-state index in [2.05, 4.69) is 5.32 Å². The van der Waals surface area contributed by atoms with Crippen LogP contribution < -0.4 is 11.1 Å². The third-order valence-electron chi connectivity index (χ3n) is 2.67. The van der Waals surface area contributed by atoms with Crippen molar-refractivity contribution in [3.8, 4) is 0 Å². The topological polar surface area (TPSA) is 55.1 Å². The van der Waals surface area contributed by atoms with Gasteiger partial charge in [-0.05, 0) is 23.1 Å². The lowest BCUT2D eigenvalue weighted by Crippen LogP contribution is -2.48. The maximum atomic E-state index is 12.9. The van der Waals surface area contributed by atoms with Crippen molar-refractivity contribution < 1.29 is 9.18 Å². The number of rotatable bonds is 3. The van der Waals surface area contributed by atoms with Crippen LogP contribution in [0, 0.1) is 11.2 Å². The highest BCUT2D eigenvalue weighted by Crippen LogP contribution is 2.18. The Morgan fingerprint density at radius 1 is 1.50 bits per heavy atom. The molecule has 3 N–H and O–H groups in total. The third-order valence-corrected chi connectivity index (χ3v) is 2.96. The van der Waals surface area contributed by atoms with E-state index in [0.29, 0.717) is 0 Å². The van der Waals surface area contributed by atoms with Crippen molar-refractivity contribution >= 4 is 17.5 Å². The molecule has 5 heteroatoms. The van der Waals surface area contributed by atoms with Crippen LogP contribution >= 0.6 is 11.6 Å². The zero-order valence-corrected chi connectivity index (χ0v) is 11.5. The van der Waals surface area contributed by atoms with Crippen molar-refractivity contribution in [1.82, 2.24) is 5.32 Å². The maximum absolute atomic E-state index is 12.9. The van der Waals surface area contributed by atoms with Gasteiger partial charge in [-0.25, -0.2) is 4.39 Å². The second-order valence-electron chi connectivity index (χ2n) is 5.31. The van der Waals surface area contributed by atoms with Gasteiger partial charge in [-0.3, -0.25) is 4.79 Å². The van der Waals surface area contributed by atoms with Gasteiger partial charge in [0.2, 0.25) is 5.91 Å². The van der Waals surface area contributed by atoms with E-state index >= 15 is 0 Å². The highest BCUT2D eigenvalue weighted by molar-refractivity contribution is 6.30. The van der Waals surface area contributed by atoms with Crippen LogP contribution in [-0.2, 0) is 11.3 Å². The molecule has 0 spiro atoms. The lowest BCUT2D eigenvalue weighted by Gasteiger charge is -2.25. The van der Waals surface area contributed by atoms with Gasteiger partial charge < -0.3 is 11.1 Å². The molecule has 0 aliphatic rings. The van der Waals surface area contributed by atoms with Gasteiger partial charge in [0, 0.05) is 6.54 Å². The van der Waals surface area contributed by atoms with Gasteiger partial charge in [0.15, 0.2) is 0 Å². The molecule has 0 saturated carbocycles. The first-order valence-electron chi connectivity index (χ1n) is 5.69. The highest BCUT2D eigenvalue weighted by Gasteiger charge is 2.27. The predicted molar refractivity (Wildman–Crippen MR) is 70.7 cm³/mol. The fourth-order valence-electron chi connectivity index (χ4n) is 1.34. The van der Waals surface area contributed by atoms with E-state index in [4.69, 9.17) is 17.3 Å². The van der Waals surface area contributed by atoms with Crippen LogP contribution in [0.3, 0.4) is 0 Å². The molecule has 1 atom stereocenters. The first-order valence-corrected chi connectivity index (χ1v) is 6.07. The number of hydrogen-bond donors (Lipinski definition) is 2. The Hall–Kier alpha value is -1.13. The first kappa shape index (κ1) is 14.9. The minimum absolute atomic E-state index is 0.0434. The van der Waals surface area contributed by atoms with Gasteiger partial charge in [0.05, 0.1) is 11.1 Å². The molecule has 1 aromatic rings. The van der Waals surface area contributed by atoms with Gasteiger partial charge in [-0.1, -0.05) is 38.4 Å². The van der Waals surface area contributed by atoms with Crippen molar-refractivity contribution in [1.29, 1.82) is 0 Å². The summed E-state index contributed by atoms with van der Waals surface area (Å²) in [4.78, 5) is 11.8. The zero-order valence-electron chi connectivity index (χ0n) is 10.8. The molecule has 100 valence electrons. The summed E-state index contributed by atoms with van der Waals surface area (Å²) in [5, 5.41) is 2.75. The van der Waals surface area contributed by atoms with Gasteiger partial charge in [-0.2, -0.15) is 0 Å². The number of carbonyl (C=O) groups excluding carboxylic acids is 1. The van der Waals surface area contributed by atoms with Gasteiger partial charge in [-0.15, -0.1) is 0 Å². The van der Waals surface area contributed by atoms with E-state index in [1.165, 1.54) is 12.1 Å². The Kier molecular flexibility index (Phi) is 4.71. The number of nitrogens with two attached hydrogens (primary N) is 1. The molecule has 0 radical (unpaired) electrons. The molecular weight excluding hydrogens is 255 g/mol. The molecule has 0 aliphatic carbocycles. The molecule has 3 nitrogen and oxygen atoms in total. The van der Waals surface area contributed by atoms with Gasteiger partial charge in [0.25, 0.3) is 0 Å². The van der Waals surface area contributed by atoms with Crippen LogP contribution in [0.5, 0.6) is 0 Å². The number of halogens is 2. The predicted octanol–water partition coefficient (Wildman–Crippen LogP) is 2.47. The fourth-order valence-corrected chi connectivity index (χ4v) is 1.55. The Morgan fingerprint density at radius 3 is 2.61 bits per heavy atom. The van der Waals surface area contributed by atoms with E-state index in [0.717, 1.165) is 5.56 Å². The second-order valence-corrected chi connectivity index (χ2v) is 5.72. The smallest absolute Gasteiger partial charge is 0.237 e. The summed E-state index contributed by atoms with van der Waals surface area (Å²) in [5.74, 6) is -0.707. The number of hydrogen-bond acceptors (Lipinski definition) is 2. The minimum Gasteiger partial charge on any atom is -0.351 e. The van der Waals surface area contributed by atoms with Crippen molar-refractivity contribution in [2.24, 2.45) is 11.1 Å². The van der Waals surface area contributed by atoms with Crippen LogP contribution in [0.4, 0.5) is 4.39 Å². The molecule has 0 heterocycles. The molecule has 0 bridgehead atoms. The first-order chi connectivity index (χ1) is 8.21. The Labute approximate surface area is 112 Å². The summed E-state index contributed by atoms with van der Waals surface area (Å²) in [7, 11) is 0. The summed E-state index contributed by atoms with van der Waals surface area (Å²) >= 11 is 5.65. The van der Waals surface area contributed by atoms with Crippen molar-refractivity contribution in [3.63, 3.8) is 0 Å². The van der Waals surface area contributed by atoms with Crippen molar-refractivity contribution in [2.75, 3.05) is 0 Å². The molecule has 1 amide bonds. The molecule has 0 saturated heterocycles. The molecule has 0 fully saturated rings. The molecule has 0 aromatic heterocycles. The summed E-state index contributed by atoms with van der Waals surface area (Å²) in [6.07, 6.45) is 0. The number of carbonyl (C=O) groups is 1. The molecular formula is C13H18ClFN2O. The summed E-state index contributed by atoms with van der Waals surface area (Å²) < 4.78 is 12.9. The van der Waals surface area contributed by atoms with Crippen molar-refractivity contribution in [2.45, 2.75) is 33.4 Å². The Morgan fingerprint density at radius 2 is 2.11 bits per heavy atom. The van der Waals surface area contributed by atoms with E-state index in [9.17, 15) is 9.18 Å². The standard InChI is InChI=1S/C13H18ClFN2O/c1-13(2,3)11(16)12(18)17-7-8-4-5-10(15)9(14)6-8/h4-6,11H,7,16H2,1-3H3,(H,17,18). The van der Waals surface area contributed by atoms with Crippen LogP contribution in [-0.4, -0.2) is 11.9 Å². The molecule has 18 heavy (non-hydrogen) atoms. The van der Waals surface area contributed by atoms with Crippen LogP contribution in [0.1, 0.15) is 26.3 Å². The van der Waals surface area contributed by atoms with E-state index < -0.39 is 11.9 Å². The normalized spacial score (nSPS) is 13.2. The summed E-state index contributed by atoms with van der Waals surface area (Å²) in [6.45, 7) is 5.96. The van der Waals surface area contributed by atoms with Crippen molar-refractivity contribution in [3.05, 3.63) is 34.6 Å². The lowest BCUT2D eigenvalue weighted by molar-refractivity contribution is -0.124. The third kappa shape index (κ3) is 3.96. The lowest BCUT2D eigenvalue weighted by atomic mass is 9.87. The molecule has 1 rings (SSSR count). The van der Waals surface area contributed by atoms with Crippen LogP contribution in [0.15, 0.2) is 18.2 Å². The summed E-state index contributed by atoms with van der Waals surface area (Å²) in [6, 6.07) is 3.74. The minimum atomic E-state index is -0.589. The quantitative estimate of drug-likeness (QED) is 0.888. The van der Waals surface area contributed by atoms with E-state index in [1.807, 2.05) is 20.8 Å². The monoisotopic (exact) mass is 272 g/mol. The molecule has 1 aromatic carbocycles. The Bertz CT molecular complexity index is 443. The maximum Gasteiger partial charge on any atom is 0.237 e. The van der Waals surface area contributed by atoms with E-state index in [1.54, 1.807) is 6.07 Å². The van der Waals surface area contributed by atoms with Gasteiger partial charge in [0.1, 0.15) is 5.82 Å². The van der Waals surface area contributed by atoms with Crippen LogP contribution in [0.25, 0.3) is 0 Å². The number of amides is 1. The second kappa shape index (κ2) is 5.67.